The topological polar surface area (TPSA) is 92.6 Å². The molecule has 0 spiro atoms. The zero-order valence-electron chi connectivity index (χ0n) is 24.5. The van der Waals surface area contributed by atoms with E-state index in [2.05, 4.69) is 17.1 Å². The number of aromatic nitrogens is 2. The summed E-state index contributed by atoms with van der Waals surface area (Å²) in [5.41, 5.74) is 3.71. The molecule has 2 heterocycles. The minimum Gasteiger partial charge on any atom is -0.507 e. The van der Waals surface area contributed by atoms with Gasteiger partial charge in [0.25, 0.3) is 5.78 Å². The van der Waals surface area contributed by atoms with Gasteiger partial charge in [0.1, 0.15) is 11.5 Å². The van der Waals surface area contributed by atoms with Gasteiger partial charge in [-0.3, -0.25) is 14.5 Å². The lowest BCUT2D eigenvalue weighted by Gasteiger charge is -2.23. The minimum atomic E-state index is -0.916. The number of aliphatic hydroxyl groups excluding tert-OH is 1. The van der Waals surface area contributed by atoms with Crippen molar-refractivity contribution < 1.29 is 19.4 Å². The first-order valence-corrected chi connectivity index (χ1v) is 16.7. The van der Waals surface area contributed by atoms with E-state index in [1.54, 1.807) is 12.1 Å². The number of aliphatic hydroxyl groups is 1. The van der Waals surface area contributed by atoms with Crippen LogP contribution in [0.5, 0.6) is 5.75 Å². The maximum absolute atomic E-state index is 13.6. The van der Waals surface area contributed by atoms with Crippen LogP contribution in [-0.4, -0.2) is 33.6 Å². The van der Waals surface area contributed by atoms with Crippen molar-refractivity contribution in [2.75, 3.05) is 11.5 Å². The molecule has 0 bridgehead atoms. The molecule has 1 atom stereocenters. The molecule has 1 unspecified atom stereocenters. The number of aryl methyl sites for hydroxylation is 2. The molecule has 3 aromatic carbocycles. The van der Waals surface area contributed by atoms with E-state index in [0.29, 0.717) is 43.6 Å². The van der Waals surface area contributed by atoms with Gasteiger partial charge in [0.15, 0.2) is 4.34 Å². The summed E-state index contributed by atoms with van der Waals surface area (Å²) in [6.45, 7) is 6.50. The summed E-state index contributed by atoms with van der Waals surface area (Å²) in [5, 5.41) is 21.5. The first kappa shape index (κ1) is 32.0. The Hall–Kier alpha value is -3.37. The average Bonchev–Trinajstić information content (AvgIpc) is 3.58. The van der Waals surface area contributed by atoms with Gasteiger partial charge in [-0.1, -0.05) is 102 Å². The molecular formula is C33H31Cl2N3O4S2. The van der Waals surface area contributed by atoms with Crippen molar-refractivity contribution in [1.29, 1.82) is 0 Å². The quantitative estimate of drug-likeness (QED) is 0.0426. The number of thioether (sulfide) groups is 1. The average molecular weight is 669 g/mol. The molecule has 4 aromatic rings. The fourth-order valence-corrected chi connectivity index (χ4v) is 7.33. The summed E-state index contributed by atoms with van der Waals surface area (Å²) in [6.07, 6.45) is 3.14. The molecule has 1 amide bonds. The van der Waals surface area contributed by atoms with Gasteiger partial charge in [-0.05, 0) is 67.3 Å². The van der Waals surface area contributed by atoms with Crippen LogP contribution in [0.2, 0.25) is 10.0 Å². The van der Waals surface area contributed by atoms with E-state index in [0.717, 1.165) is 36.0 Å². The van der Waals surface area contributed by atoms with Crippen molar-refractivity contribution in [3.05, 3.63) is 104 Å². The van der Waals surface area contributed by atoms with Crippen LogP contribution in [0.3, 0.4) is 0 Å². The fraction of sp³-hybridized carbons (Fsp3) is 0.273. The molecule has 0 saturated carbocycles. The van der Waals surface area contributed by atoms with Crippen molar-refractivity contribution in [2.45, 2.75) is 56.2 Å². The van der Waals surface area contributed by atoms with Crippen LogP contribution >= 0.6 is 46.3 Å². The number of hydrogen-bond acceptors (Lipinski definition) is 8. The van der Waals surface area contributed by atoms with E-state index in [1.165, 1.54) is 28.0 Å². The zero-order valence-corrected chi connectivity index (χ0v) is 27.6. The second-order valence-electron chi connectivity index (χ2n) is 10.5. The number of unbranched alkanes of at least 4 members (excludes halogenated alkanes) is 2. The predicted octanol–water partition coefficient (Wildman–Crippen LogP) is 8.95. The van der Waals surface area contributed by atoms with Crippen LogP contribution in [0.4, 0.5) is 5.13 Å². The van der Waals surface area contributed by atoms with Crippen LogP contribution < -0.4 is 9.64 Å². The molecule has 1 aromatic heterocycles. The molecule has 1 aliphatic rings. The van der Waals surface area contributed by atoms with Crippen molar-refractivity contribution in [3.63, 3.8) is 0 Å². The molecule has 228 valence electrons. The number of hydrogen-bond donors (Lipinski definition) is 1. The van der Waals surface area contributed by atoms with Crippen molar-refractivity contribution in [1.82, 2.24) is 10.2 Å². The summed E-state index contributed by atoms with van der Waals surface area (Å²) in [4.78, 5) is 28.6. The Morgan fingerprint density at radius 2 is 1.80 bits per heavy atom. The highest BCUT2D eigenvalue weighted by Crippen LogP contribution is 2.45. The number of ether oxygens (including phenoxy) is 1. The molecule has 11 heteroatoms. The van der Waals surface area contributed by atoms with E-state index >= 15 is 0 Å². The number of amides is 1. The normalized spacial score (nSPS) is 16.1. The largest absolute Gasteiger partial charge is 0.507 e. The molecule has 7 nitrogen and oxygen atoms in total. The number of carbonyl (C=O) groups is 2. The number of anilines is 1. The highest BCUT2D eigenvalue weighted by Gasteiger charge is 2.48. The highest BCUT2D eigenvalue weighted by atomic mass is 35.5. The molecule has 1 N–H and O–H groups in total. The van der Waals surface area contributed by atoms with E-state index in [-0.39, 0.29) is 16.5 Å². The first-order valence-electron chi connectivity index (χ1n) is 14.2. The molecule has 1 saturated heterocycles. The predicted molar refractivity (Wildman–Crippen MR) is 178 cm³/mol. The second kappa shape index (κ2) is 14.2. The third-order valence-electron chi connectivity index (χ3n) is 7.27. The molecule has 0 radical (unpaired) electrons. The van der Waals surface area contributed by atoms with E-state index < -0.39 is 17.7 Å². The zero-order chi connectivity index (χ0) is 31.4. The summed E-state index contributed by atoms with van der Waals surface area (Å²) in [5.74, 6) is -0.597. The molecule has 44 heavy (non-hydrogen) atoms. The van der Waals surface area contributed by atoms with E-state index in [1.807, 2.05) is 62.4 Å². The highest BCUT2D eigenvalue weighted by molar-refractivity contribution is 8.00. The molecular weight excluding hydrogens is 637 g/mol. The Bertz CT molecular complexity index is 1720. The number of nitrogens with zero attached hydrogens (tertiary/aromatic N) is 3. The number of rotatable bonds is 11. The fourth-order valence-electron chi connectivity index (χ4n) is 4.91. The Balaban J connectivity index is 1.51. The number of benzene rings is 3. The number of Topliss-reactive ketones (excluding diaryl/α,β-unsaturated/α-hetero) is 1. The Kier molecular flexibility index (Phi) is 10.3. The SMILES string of the molecule is CCCCCOc1ccc(C2C(=C(O)c3cc(C)ccc3C)C(=O)C(=O)N2c2nnc(SCc3ccc(Cl)cc3Cl)s2)cc1. The van der Waals surface area contributed by atoms with Gasteiger partial charge in [0, 0.05) is 21.4 Å². The van der Waals surface area contributed by atoms with Gasteiger partial charge in [0.05, 0.1) is 18.2 Å². The van der Waals surface area contributed by atoms with E-state index in [9.17, 15) is 14.7 Å². The summed E-state index contributed by atoms with van der Waals surface area (Å²) < 4.78 is 6.48. The van der Waals surface area contributed by atoms with Crippen LogP contribution in [0.25, 0.3) is 5.76 Å². The van der Waals surface area contributed by atoms with Gasteiger partial charge < -0.3 is 9.84 Å². The minimum absolute atomic E-state index is 0.00216. The molecule has 1 fully saturated rings. The summed E-state index contributed by atoms with van der Waals surface area (Å²) in [6, 6.07) is 17.3. The Morgan fingerprint density at radius 3 is 2.52 bits per heavy atom. The van der Waals surface area contributed by atoms with Gasteiger partial charge in [-0.2, -0.15) is 0 Å². The van der Waals surface area contributed by atoms with Gasteiger partial charge in [-0.15, -0.1) is 10.2 Å². The lowest BCUT2D eigenvalue weighted by Crippen LogP contribution is -2.29. The van der Waals surface area contributed by atoms with Crippen LogP contribution in [0.15, 0.2) is 70.6 Å². The molecule has 1 aliphatic heterocycles. The van der Waals surface area contributed by atoms with Crippen molar-refractivity contribution in [3.8, 4) is 5.75 Å². The lowest BCUT2D eigenvalue weighted by molar-refractivity contribution is -0.132. The van der Waals surface area contributed by atoms with Crippen LogP contribution in [0, 0.1) is 13.8 Å². The first-order chi connectivity index (χ1) is 21.2. The third kappa shape index (κ3) is 6.96. The molecule has 0 aliphatic carbocycles. The Morgan fingerprint density at radius 1 is 1.02 bits per heavy atom. The van der Waals surface area contributed by atoms with Gasteiger partial charge in [0.2, 0.25) is 5.13 Å². The summed E-state index contributed by atoms with van der Waals surface area (Å²) in [7, 11) is 0. The Labute approximate surface area is 274 Å². The maximum atomic E-state index is 13.6. The summed E-state index contributed by atoms with van der Waals surface area (Å²) >= 11 is 15.0. The van der Waals surface area contributed by atoms with Crippen LogP contribution in [-0.2, 0) is 15.3 Å². The van der Waals surface area contributed by atoms with Crippen molar-refractivity contribution >= 4 is 68.9 Å². The second-order valence-corrected chi connectivity index (χ2v) is 13.5. The standard InChI is InChI=1S/C33H31Cl2N3O4S2/c1-4-5-6-15-42-24-13-10-21(11-14-24)28-27(29(39)25-16-19(2)7-8-20(25)3)30(40)31(41)38(28)32-36-37-33(44-32)43-18-22-9-12-23(34)17-26(22)35/h7-14,16-17,28,39H,4-6,15,18H2,1-3H3. The van der Waals surface area contributed by atoms with Gasteiger partial charge >= 0.3 is 5.91 Å². The van der Waals surface area contributed by atoms with E-state index in [4.69, 9.17) is 27.9 Å². The van der Waals surface area contributed by atoms with Gasteiger partial charge in [-0.25, -0.2) is 0 Å². The smallest absolute Gasteiger partial charge is 0.301 e. The number of carbonyl (C=O) groups excluding carboxylic acids is 2. The van der Waals surface area contributed by atoms with Crippen molar-refractivity contribution in [2.24, 2.45) is 0 Å². The lowest BCUT2D eigenvalue weighted by atomic mass is 9.93. The number of halogens is 2. The number of ketones is 1. The molecule has 5 rings (SSSR count). The monoisotopic (exact) mass is 667 g/mol. The van der Waals surface area contributed by atoms with Crippen LogP contribution in [0.1, 0.15) is 60.0 Å². The third-order valence-corrected chi connectivity index (χ3v) is 9.96. The maximum Gasteiger partial charge on any atom is 0.301 e.